The molecular weight excluding hydrogens is 409 g/mol. The number of rotatable bonds is 6. The highest BCUT2D eigenvalue weighted by Crippen LogP contribution is 2.31. The van der Waals surface area contributed by atoms with Crippen LogP contribution in [-0.2, 0) is 4.79 Å². The van der Waals surface area contributed by atoms with Gasteiger partial charge in [-0.25, -0.2) is 14.4 Å². The number of aromatic nitrogens is 2. The van der Waals surface area contributed by atoms with Gasteiger partial charge in [0.2, 0.25) is 5.88 Å². The molecule has 0 spiro atoms. The maximum Gasteiger partial charge on any atom is 0.262 e. The number of hydrogen-bond acceptors (Lipinski definition) is 5. The van der Waals surface area contributed by atoms with E-state index in [4.69, 9.17) is 21.1 Å². The molecule has 0 aliphatic carbocycles. The van der Waals surface area contributed by atoms with Crippen molar-refractivity contribution >= 4 is 34.2 Å². The molecule has 0 saturated heterocycles. The van der Waals surface area contributed by atoms with E-state index in [1.165, 1.54) is 18.3 Å². The summed E-state index contributed by atoms with van der Waals surface area (Å²) in [6.07, 6.45) is 1.47. The van der Waals surface area contributed by atoms with Crippen LogP contribution >= 0.6 is 11.6 Å². The molecule has 0 aliphatic heterocycles. The Balaban J connectivity index is 1.45. The first-order chi connectivity index (χ1) is 14.6. The Hall–Kier alpha value is -3.71. The minimum Gasteiger partial charge on any atom is -0.480 e. The Bertz CT molecular complexity index is 1220. The number of carbonyl (C=O) groups is 1. The van der Waals surface area contributed by atoms with E-state index in [1.807, 2.05) is 0 Å². The van der Waals surface area contributed by atoms with Gasteiger partial charge in [-0.3, -0.25) is 4.79 Å². The fourth-order valence-corrected chi connectivity index (χ4v) is 2.84. The third-order valence-corrected chi connectivity index (χ3v) is 4.29. The summed E-state index contributed by atoms with van der Waals surface area (Å²) in [5.74, 6) is -0.0716. The van der Waals surface area contributed by atoms with Crippen molar-refractivity contribution in [2.45, 2.75) is 0 Å². The van der Waals surface area contributed by atoms with Gasteiger partial charge in [0, 0.05) is 5.02 Å². The molecule has 1 heterocycles. The highest BCUT2D eigenvalue weighted by molar-refractivity contribution is 6.31. The fraction of sp³-hybridized carbons (Fsp3) is 0.0455. The van der Waals surface area contributed by atoms with Crippen LogP contribution in [0.1, 0.15) is 0 Å². The summed E-state index contributed by atoms with van der Waals surface area (Å²) in [5.41, 5.74) is 1.35. The monoisotopic (exact) mass is 423 g/mol. The first-order valence-electron chi connectivity index (χ1n) is 8.95. The second-order valence-electron chi connectivity index (χ2n) is 6.21. The predicted molar refractivity (Wildman–Crippen MR) is 112 cm³/mol. The lowest BCUT2D eigenvalue weighted by molar-refractivity contribution is -0.118. The molecule has 3 aromatic carbocycles. The maximum atomic E-state index is 13.7. The average molecular weight is 424 g/mol. The molecule has 1 N–H and O–H groups in total. The molecule has 0 bridgehead atoms. The van der Waals surface area contributed by atoms with Gasteiger partial charge in [-0.1, -0.05) is 35.9 Å². The number of para-hydroxylation sites is 3. The minimum atomic E-state index is -0.522. The van der Waals surface area contributed by atoms with Crippen LogP contribution in [0.5, 0.6) is 17.4 Å². The Kier molecular flexibility index (Phi) is 5.72. The van der Waals surface area contributed by atoms with Crippen molar-refractivity contribution in [1.29, 1.82) is 0 Å². The van der Waals surface area contributed by atoms with Gasteiger partial charge in [-0.2, -0.15) is 0 Å². The molecule has 0 radical (unpaired) electrons. The van der Waals surface area contributed by atoms with Crippen LogP contribution in [-0.4, -0.2) is 22.5 Å². The Labute approximate surface area is 176 Å². The zero-order chi connectivity index (χ0) is 20.9. The summed E-state index contributed by atoms with van der Waals surface area (Å²) in [5, 5.41) is 3.03. The number of ether oxygens (including phenoxy) is 2. The summed E-state index contributed by atoms with van der Waals surface area (Å²) >= 11 is 5.96. The number of nitrogens with zero attached hydrogens (tertiary/aromatic N) is 2. The lowest BCUT2D eigenvalue weighted by Crippen LogP contribution is -2.20. The highest BCUT2D eigenvalue weighted by atomic mass is 35.5. The van der Waals surface area contributed by atoms with Crippen LogP contribution in [0.25, 0.3) is 11.0 Å². The molecule has 0 saturated carbocycles. The summed E-state index contributed by atoms with van der Waals surface area (Å²) in [6, 6.07) is 17.9. The molecule has 8 heteroatoms. The zero-order valence-electron chi connectivity index (χ0n) is 15.5. The molecule has 0 unspecified atom stereocenters. The lowest BCUT2D eigenvalue weighted by atomic mass is 10.3. The van der Waals surface area contributed by atoms with E-state index < -0.39 is 11.7 Å². The van der Waals surface area contributed by atoms with Crippen molar-refractivity contribution in [2.75, 3.05) is 11.9 Å². The van der Waals surface area contributed by atoms with Gasteiger partial charge in [0.15, 0.2) is 18.1 Å². The Morgan fingerprint density at radius 1 is 1.00 bits per heavy atom. The van der Waals surface area contributed by atoms with Crippen LogP contribution in [0.2, 0.25) is 5.02 Å². The number of carbonyl (C=O) groups excluding carboxylic acids is 1. The van der Waals surface area contributed by atoms with Gasteiger partial charge in [-0.15, -0.1) is 0 Å². The molecule has 1 aromatic heterocycles. The zero-order valence-corrected chi connectivity index (χ0v) is 16.3. The number of hydrogen-bond donors (Lipinski definition) is 1. The van der Waals surface area contributed by atoms with Gasteiger partial charge < -0.3 is 14.8 Å². The summed E-state index contributed by atoms with van der Waals surface area (Å²) < 4.78 is 25.0. The number of halogens is 2. The van der Waals surface area contributed by atoms with Crippen LogP contribution in [0.4, 0.5) is 10.1 Å². The molecule has 0 atom stereocenters. The fourth-order valence-electron chi connectivity index (χ4n) is 2.67. The molecule has 150 valence electrons. The average Bonchev–Trinajstić information content (AvgIpc) is 2.75. The number of anilines is 1. The quantitative estimate of drug-likeness (QED) is 0.459. The Morgan fingerprint density at radius 3 is 2.60 bits per heavy atom. The summed E-state index contributed by atoms with van der Waals surface area (Å²) in [4.78, 5) is 20.8. The smallest absolute Gasteiger partial charge is 0.262 e. The number of benzene rings is 3. The number of fused-ring (bicyclic) bond motifs is 1. The Morgan fingerprint density at radius 2 is 1.77 bits per heavy atom. The van der Waals surface area contributed by atoms with Crippen molar-refractivity contribution < 1.29 is 18.7 Å². The molecule has 6 nitrogen and oxygen atoms in total. The molecule has 0 fully saturated rings. The first-order valence-corrected chi connectivity index (χ1v) is 9.33. The maximum absolute atomic E-state index is 13.7. The standard InChI is InChI=1S/C22H15ClFN3O3/c23-14-9-10-17-18(11-14)25-12-22(27-17)30-20-8-4-3-7-19(20)29-13-21(28)26-16-6-2-1-5-15(16)24/h1-12H,13H2,(H,26,28). The van der Waals surface area contributed by atoms with E-state index in [0.29, 0.717) is 27.6 Å². The SMILES string of the molecule is O=C(COc1ccccc1Oc1cnc2cc(Cl)ccc2n1)Nc1ccccc1F. The normalized spacial score (nSPS) is 10.6. The van der Waals surface area contributed by atoms with E-state index in [1.54, 1.807) is 54.6 Å². The number of nitrogens with one attached hydrogen (secondary N) is 1. The van der Waals surface area contributed by atoms with E-state index in [-0.39, 0.29) is 18.2 Å². The van der Waals surface area contributed by atoms with Crippen LogP contribution in [0.15, 0.2) is 72.9 Å². The molecule has 1 amide bonds. The van der Waals surface area contributed by atoms with Gasteiger partial charge in [0.05, 0.1) is 22.9 Å². The highest BCUT2D eigenvalue weighted by Gasteiger charge is 2.11. The summed E-state index contributed by atoms with van der Waals surface area (Å²) in [7, 11) is 0. The topological polar surface area (TPSA) is 73.3 Å². The predicted octanol–water partition coefficient (Wildman–Crippen LogP) is 5.23. The van der Waals surface area contributed by atoms with Gasteiger partial charge in [0.1, 0.15) is 5.82 Å². The molecule has 4 aromatic rings. The van der Waals surface area contributed by atoms with Crippen molar-refractivity contribution in [3.8, 4) is 17.4 Å². The first kappa shape index (κ1) is 19.6. The van der Waals surface area contributed by atoms with Gasteiger partial charge in [0.25, 0.3) is 5.91 Å². The molecule has 30 heavy (non-hydrogen) atoms. The third kappa shape index (κ3) is 4.64. The third-order valence-electron chi connectivity index (χ3n) is 4.05. The van der Waals surface area contributed by atoms with Crippen molar-refractivity contribution in [3.63, 3.8) is 0 Å². The van der Waals surface area contributed by atoms with Crippen molar-refractivity contribution in [2.24, 2.45) is 0 Å². The van der Waals surface area contributed by atoms with Gasteiger partial charge in [-0.05, 0) is 42.5 Å². The summed E-state index contributed by atoms with van der Waals surface area (Å²) in [6.45, 7) is -0.323. The number of amides is 1. The van der Waals surface area contributed by atoms with E-state index >= 15 is 0 Å². The molecule has 4 rings (SSSR count). The van der Waals surface area contributed by atoms with Crippen molar-refractivity contribution in [3.05, 3.63) is 83.8 Å². The largest absolute Gasteiger partial charge is 0.480 e. The van der Waals surface area contributed by atoms with Crippen LogP contribution < -0.4 is 14.8 Å². The van der Waals surface area contributed by atoms with E-state index in [2.05, 4.69) is 15.3 Å². The van der Waals surface area contributed by atoms with E-state index in [9.17, 15) is 9.18 Å². The van der Waals surface area contributed by atoms with Crippen LogP contribution in [0, 0.1) is 5.82 Å². The second-order valence-corrected chi connectivity index (χ2v) is 6.64. The van der Waals surface area contributed by atoms with Crippen LogP contribution in [0.3, 0.4) is 0 Å². The molecular formula is C22H15ClFN3O3. The van der Waals surface area contributed by atoms with Crippen molar-refractivity contribution in [1.82, 2.24) is 9.97 Å². The molecule has 0 aliphatic rings. The van der Waals surface area contributed by atoms with E-state index in [0.717, 1.165) is 0 Å². The lowest BCUT2D eigenvalue weighted by Gasteiger charge is -2.12. The van der Waals surface area contributed by atoms with Gasteiger partial charge >= 0.3 is 0 Å². The second kappa shape index (κ2) is 8.75. The minimum absolute atomic E-state index is 0.0853.